The standard InChI is InChI=1S/C29H29N5O4S2/c1-18-17-23(19(2)33(18)25-11-6-5-9-22(25)28(35)38-3)27-26(24-10-7-8-16-30-24)31-29(39)34(27)21-14-12-20(13-15-21)32-40(4,36)37/h5-17,26-27,32H,1-4H3,(H,31,39)/t26-,27+/m0/s1. The maximum atomic E-state index is 12.6. The van der Waals surface area contributed by atoms with Gasteiger partial charge in [-0.05, 0) is 86.2 Å². The van der Waals surface area contributed by atoms with Crippen molar-refractivity contribution in [3.05, 3.63) is 107 Å². The largest absolute Gasteiger partial charge is 0.465 e. The van der Waals surface area contributed by atoms with E-state index in [0.29, 0.717) is 16.4 Å². The van der Waals surface area contributed by atoms with Gasteiger partial charge in [0.1, 0.15) is 0 Å². The van der Waals surface area contributed by atoms with Gasteiger partial charge in [-0.2, -0.15) is 0 Å². The average molecular weight is 576 g/mol. The number of anilines is 2. The Morgan fingerprint density at radius 2 is 1.75 bits per heavy atom. The van der Waals surface area contributed by atoms with Crippen LogP contribution in [0.5, 0.6) is 0 Å². The number of pyridine rings is 1. The molecule has 0 aliphatic carbocycles. The number of rotatable bonds is 7. The number of aryl methyl sites for hydroxylation is 1. The lowest BCUT2D eigenvalue weighted by molar-refractivity contribution is 0.0600. The molecule has 0 amide bonds. The second-order valence-electron chi connectivity index (χ2n) is 9.59. The van der Waals surface area contributed by atoms with Gasteiger partial charge in [0.25, 0.3) is 0 Å². The van der Waals surface area contributed by atoms with E-state index in [1.807, 2.05) is 67.3 Å². The van der Waals surface area contributed by atoms with Crippen LogP contribution in [0.1, 0.15) is 45.1 Å². The van der Waals surface area contributed by atoms with Crippen molar-refractivity contribution in [1.29, 1.82) is 0 Å². The van der Waals surface area contributed by atoms with E-state index < -0.39 is 16.0 Å². The van der Waals surface area contributed by atoms with Gasteiger partial charge in [0.15, 0.2) is 5.11 Å². The summed E-state index contributed by atoms with van der Waals surface area (Å²) < 4.78 is 33.0. The highest BCUT2D eigenvalue weighted by Gasteiger charge is 2.42. The van der Waals surface area contributed by atoms with Crippen LogP contribution in [-0.4, -0.2) is 42.4 Å². The second-order valence-corrected chi connectivity index (χ2v) is 11.7. The van der Waals surface area contributed by atoms with E-state index in [2.05, 4.69) is 25.7 Å². The Kier molecular flexibility index (Phi) is 7.35. The number of para-hydroxylation sites is 1. The van der Waals surface area contributed by atoms with E-state index in [-0.39, 0.29) is 12.1 Å². The molecule has 0 spiro atoms. The molecule has 0 bridgehead atoms. The molecule has 9 nitrogen and oxygen atoms in total. The number of thiocarbonyl (C=S) groups is 1. The highest BCUT2D eigenvalue weighted by atomic mass is 32.2. The molecular weight excluding hydrogens is 546 g/mol. The summed E-state index contributed by atoms with van der Waals surface area (Å²) >= 11 is 5.85. The lowest BCUT2D eigenvalue weighted by Gasteiger charge is -2.28. The first-order valence-corrected chi connectivity index (χ1v) is 14.8. The molecule has 1 fully saturated rings. The summed E-state index contributed by atoms with van der Waals surface area (Å²) in [5.41, 5.74) is 6.14. The molecule has 0 unspecified atom stereocenters. The normalized spacial score (nSPS) is 17.0. The van der Waals surface area contributed by atoms with Crippen molar-refractivity contribution in [1.82, 2.24) is 14.9 Å². The van der Waals surface area contributed by atoms with Gasteiger partial charge < -0.3 is 19.5 Å². The maximum Gasteiger partial charge on any atom is 0.339 e. The molecule has 2 aromatic heterocycles. The smallest absolute Gasteiger partial charge is 0.339 e. The Hall–Kier alpha value is -4.22. The lowest BCUT2D eigenvalue weighted by atomic mass is 9.96. The zero-order valence-corrected chi connectivity index (χ0v) is 24.1. The number of sulfonamides is 1. The molecule has 5 rings (SSSR count). The summed E-state index contributed by atoms with van der Waals surface area (Å²) in [6.45, 7) is 4.02. The number of methoxy groups -OCH3 is 1. The summed E-state index contributed by atoms with van der Waals surface area (Å²) in [5, 5.41) is 3.97. The molecule has 0 saturated carbocycles. The number of nitrogens with zero attached hydrogens (tertiary/aromatic N) is 3. The highest BCUT2D eigenvalue weighted by Crippen LogP contribution is 2.44. The third-order valence-corrected chi connectivity index (χ3v) is 7.81. The Labute approximate surface area is 238 Å². The number of nitrogens with one attached hydrogen (secondary N) is 2. The van der Waals surface area contributed by atoms with Gasteiger partial charge in [-0.15, -0.1) is 0 Å². The van der Waals surface area contributed by atoms with Crippen LogP contribution >= 0.6 is 12.2 Å². The molecule has 3 heterocycles. The van der Waals surface area contributed by atoms with Gasteiger partial charge in [-0.1, -0.05) is 18.2 Å². The average Bonchev–Trinajstić information content (AvgIpc) is 3.43. The predicted octanol–water partition coefficient (Wildman–Crippen LogP) is 4.82. The van der Waals surface area contributed by atoms with E-state index in [1.54, 1.807) is 24.4 Å². The zero-order valence-electron chi connectivity index (χ0n) is 22.5. The molecule has 0 radical (unpaired) electrons. The summed E-state index contributed by atoms with van der Waals surface area (Å²) in [6, 6.07) is 21.7. The lowest BCUT2D eigenvalue weighted by Crippen LogP contribution is -2.29. The topological polar surface area (TPSA) is 106 Å². The Morgan fingerprint density at radius 3 is 2.40 bits per heavy atom. The van der Waals surface area contributed by atoms with Crippen molar-refractivity contribution in [2.24, 2.45) is 0 Å². The molecule has 206 valence electrons. The van der Waals surface area contributed by atoms with Crippen LogP contribution in [0.15, 0.2) is 79.0 Å². The van der Waals surface area contributed by atoms with Crippen LogP contribution in [0.2, 0.25) is 0 Å². The van der Waals surface area contributed by atoms with E-state index >= 15 is 0 Å². The van der Waals surface area contributed by atoms with Crippen molar-refractivity contribution in [3.63, 3.8) is 0 Å². The highest BCUT2D eigenvalue weighted by molar-refractivity contribution is 7.92. The Bertz CT molecular complexity index is 1690. The Balaban J connectivity index is 1.65. The number of hydrogen-bond donors (Lipinski definition) is 2. The second kappa shape index (κ2) is 10.7. The molecular formula is C29H29N5O4S2. The molecule has 4 aromatic rings. The Morgan fingerprint density at radius 1 is 1.05 bits per heavy atom. The van der Waals surface area contributed by atoms with E-state index in [0.717, 1.165) is 40.3 Å². The number of ether oxygens (including phenoxy) is 1. The van der Waals surface area contributed by atoms with Gasteiger partial charge >= 0.3 is 5.97 Å². The summed E-state index contributed by atoms with van der Waals surface area (Å²) in [7, 11) is -2.04. The number of hydrogen-bond acceptors (Lipinski definition) is 6. The van der Waals surface area contributed by atoms with Crippen molar-refractivity contribution in [2.45, 2.75) is 25.9 Å². The minimum absolute atomic E-state index is 0.271. The number of carbonyl (C=O) groups excluding carboxylic acids is 1. The third kappa shape index (κ3) is 5.17. The molecule has 2 N–H and O–H groups in total. The molecule has 1 aliphatic rings. The first kappa shape index (κ1) is 27.4. The minimum atomic E-state index is -3.41. The summed E-state index contributed by atoms with van der Waals surface area (Å²) in [5.74, 6) is -0.413. The fourth-order valence-corrected chi connectivity index (χ4v) is 6.17. The summed E-state index contributed by atoms with van der Waals surface area (Å²) in [4.78, 5) is 19.3. The van der Waals surface area contributed by atoms with Gasteiger partial charge in [0.2, 0.25) is 10.0 Å². The van der Waals surface area contributed by atoms with Crippen molar-refractivity contribution in [2.75, 3.05) is 23.0 Å². The SMILES string of the molecule is COC(=O)c1ccccc1-n1c(C)cc([C@@H]2[C@H](c3ccccn3)NC(=S)N2c2ccc(NS(C)(=O)=O)cc2)c1C. The van der Waals surface area contributed by atoms with Crippen LogP contribution in [0, 0.1) is 13.8 Å². The molecule has 40 heavy (non-hydrogen) atoms. The first-order valence-electron chi connectivity index (χ1n) is 12.5. The van der Waals surface area contributed by atoms with Gasteiger partial charge in [0.05, 0.1) is 42.4 Å². The van der Waals surface area contributed by atoms with Gasteiger partial charge in [0, 0.05) is 29.0 Å². The quantitative estimate of drug-likeness (QED) is 0.239. The van der Waals surface area contributed by atoms with Crippen LogP contribution in [0.4, 0.5) is 11.4 Å². The van der Waals surface area contributed by atoms with E-state index in [1.165, 1.54) is 7.11 Å². The number of carbonyl (C=O) groups is 1. The van der Waals surface area contributed by atoms with E-state index in [4.69, 9.17) is 17.0 Å². The summed E-state index contributed by atoms with van der Waals surface area (Å²) in [6.07, 6.45) is 2.86. The van der Waals surface area contributed by atoms with E-state index in [9.17, 15) is 13.2 Å². The first-order chi connectivity index (χ1) is 19.1. The molecule has 2 atom stereocenters. The van der Waals surface area contributed by atoms with Crippen LogP contribution in [0.3, 0.4) is 0 Å². The number of esters is 1. The van der Waals surface area contributed by atoms with Crippen LogP contribution in [-0.2, 0) is 14.8 Å². The number of aromatic nitrogens is 2. The fraction of sp³-hybridized carbons (Fsp3) is 0.207. The molecule has 2 aromatic carbocycles. The molecule has 11 heteroatoms. The fourth-order valence-electron chi connectivity index (χ4n) is 5.26. The van der Waals surface area contributed by atoms with Crippen molar-refractivity contribution < 1.29 is 17.9 Å². The zero-order chi connectivity index (χ0) is 28.6. The molecule has 1 aliphatic heterocycles. The van der Waals surface area contributed by atoms with Crippen molar-refractivity contribution in [3.8, 4) is 5.69 Å². The van der Waals surface area contributed by atoms with Gasteiger partial charge in [-0.3, -0.25) is 9.71 Å². The number of benzene rings is 2. The van der Waals surface area contributed by atoms with Crippen LogP contribution < -0.4 is 14.9 Å². The van der Waals surface area contributed by atoms with Crippen LogP contribution in [0.25, 0.3) is 5.69 Å². The van der Waals surface area contributed by atoms with Gasteiger partial charge in [-0.25, -0.2) is 13.2 Å². The monoisotopic (exact) mass is 575 g/mol. The third-order valence-electron chi connectivity index (χ3n) is 6.89. The minimum Gasteiger partial charge on any atom is -0.465 e. The van der Waals surface area contributed by atoms with Crippen molar-refractivity contribution >= 4 is 44.7 Å². The molecule has 1 saturated heterocycles. The maximum absolute atomic E-state index is 12.6. The predicted molar refractivity (Wildman–Crippen MR) is 159 cm³/mol.